The van der Waals surface area contributed by atoms with Crippen molar-refractivity contribution in [2.75, 3.05) is 18.6 Å². The predicted octanol–water partition coefficient (Wildman–Crippen LogP) is 4.59. The zero-order chi connectivity index (χ0) is 21.1. The fourth-order valence-electron chi connectivity index (χ4n) is 3.82. The monoisotopic (exact) mass is 420 g/mol. The lowest BCUT2D eigenvalue weighted by atomic mass is 9.95. The average Bonchev–Trinajstić information content (AvgIpc) is 3.33. The van der Waals surface area contributed by atoms with E-state index < -0.39 is 0 Å². The Morgan fingerprint density at radius 2 is 1.93 bits per heavy atom. The summed E-state index contributed by atoms with van der Waals surface area (Å²) in [5.74, 6) is 0.614. The summed E-state index contributed by atoms with van der Waals surface area (Å²) in [5, 5.41) is 4.79. The number of fused-ring (bicyclic) bond motifs is 1. The summed E-state index contributed by atoms with van der Waals surface area (Å²) in [7, 11) is 1.64. The number of rotatable bonds is 5. The van der Waals surface area contributed by atoms with Gasteiger partial charge >= 0.3 is 0 Å². The Kier molecular flexibility index (Phi) is 5.86. The summed E-state index contributed by atoms with van der Waals surface area (Å²) in [4.78, 5) is 27.9. The molecule has 0 radical (unpaired) electrons. The number of nitrogens with zero attached hydrogens (tertiary/aromatic N) is 1. The van der Waals surface area contributed by atoms with Crippen LogP contribution < -0.4 is 15.0 Å². The van der Waals surface area contributed by atoms with Crippen molar-refractivity contribution in [3.8, 4) is 5.75 Å². The van der Waals surface area contributed by atoms with Gasteiger partial charge in [-0.1, -0.05) is 24.3 Å². The number of ether oxygens (including phenoxy) is 1. The van der Waals surface area contributed by atoms with Crippen LogP contribution in [0.25, 0.3) is 0 Å². The minimum atomic E-state index is -0.0856. The van der Waals surface area contributed by atoms with Gasteiger partial charge in [0.25, 0.3) is 11.8 Å². The third-order valence-corrected chi connectivity index (χ3v) is 6.29. The molecule has 0 atom stereocenters. The van der Waals surface area contributed by atoms with Gasteiger partial charge in [-0.2, -0.15) is 0 Å². The summed E-state index contributed by atoms with van der Waals surface area (Å²) in [5.41, 5.74) is 4.83. The number of hydrogen-bond donors (Lipinski definition) is 1. The van der Waals surface area contributed by atoms with Crippen LogP contribution in [0.15, 0.2) is 53.9 Å². The van der Waals surface area contributed by atoms with Crippen LogP contribution in [0.4, 0.5) is 5.69 Å². The largest absolute Gasteiger partial charge is 0.495 e. The molecule has 2 heterocycles. The van der Waals surface area contributed by atoms with E-state index in [2.05, 4.69) is 12.2 Å². The molecule has 3 aromatic rings. The van der Waals surface area contributed by atoms with E-state index in [-0.39, 0.29) is 11.8 Å². The van der Waals surface area contributed by atoms with Gasteiger partial charge in [0, 0.05) is 18.7 Å². The molecule has 30 heavy (non-hydrogen) atoms. The molecule has 0 spiro atoms. The second-order valence-electron chi connectivity index (χ2n) is 7.33. The number of carbonyl (C=O) groups is 2. The van der Waals surface area contributed by atoms with Crippen LogP contribution >= 0.6 is 11.3 Å². The molecule has 1 aliphatic rings. The smallest absolute Gasteiger partial charge is 0.261 e. The number of nitrogens with one attached hydrogen (secondary N) is 1. The average molecular weight is 421 g/mol. The van der Waals surface area contributed by atoms with Crippen LogP contribution in [0, 0.1) is 6.92 Å². The van der Waals surface area contributed by atoms with Gasteiger partial charge < -0.3 is 15.0 Å². The highest BCUT2D eigenvalue weighted by molar-refractivity contribution is 7.12. The van der Waals surface area contributed by atoms with Crippen molar-refractivity contribution >= 4 is 28.8 Å². The number of amides is 2. The maximum absolute atomic E-state index is 13.3. The van der Waals surface area contributed by atoms with Crippen molar-refractivity contribution < 1.29 is 14.3 Å². The topological polar surface area (TPSA) is 58.6 Å². The summed E-state index contributed by atoms with van der Waals surface area (Å²) < 4.78 is 5.55. The van der Waals surface area contributed by atoms with Crippen molar-refractivity contribution in [1.82, 2.24) is 5.32 Å². The van der Waals surface area contributed by atoms with E-state index in [0.717, 1.165) is 29.8 Å². The fraction of sp³-hybridized carbons (Fsp3) is 0.250. The Morgan fingerprint density at radius 3 is 2.63 bits per heavy atom. The predicted molar refractivity (Wildman–Crippen MR) is 120 cm³/mol. The highest BCUT2D eigenvalue weighted by Crippen LogP contribution is 2.38. The fourth-order valence-corrected chi connectivity index (χ4v) is 4.46. The Labute approximate surface area is 180 Å². The van der Waals surface area contributed by atoms with Gasteiger partial charge in [0.15, 0.2) is 0 Å². The molecule has 0 fully saturated rings. The van der Waals surface area contributed by atoms with E-state index >= 15 is 0 Å². The molecule has 0 saturated carbocycles. The third-order valence-electron chi connectivity index (χ3n) is 5.42. The highest BCUT2D eigenvalue weighted by atomic mass is 32.1. The van der Waals surface area contributed by atoms with Crippen molar-refractivity contribution in [1.29, 1.82) is 0 Å². The van der Waals surface area contributed by atoms with Crippen LogP contribution in [0.3, 0.4) is 0 Å². The standard InChI is InChI=1S/C24H24N2O3S/c1-16-7-12-20(29-2)22-19(16)5-3-13-26(22)24(28)18-10-8-17(9-11-18)15-25-23(27)21-6-4-14-30-21/h4,6-12,14H,3,5,13,15H2,1-2H3,(H,25,27). The van der Waals surface area contributed by atoms with Gasteiger partial charge in [-0.3, -0.25) is 9.59 Å². The van der Waals surface area contributed by atoms with Gasteiger partial charge in [0.1, 0.15) is 5.75 Å². The van der Waals surface area contributed by atoms with Crippen LogP contribution in [-0.2, 0) is 13.0 Å². The molecule has 1 aliphatic heterocycles. The molecule has 2 amide bonds. The van der Waals surface area contributed by atoms with E-state index in [4.69, 9.17) is 4.74 Å². The number of benzene rings is 2. The maximum atomic E-state index is 13.3. The molecule has 1 N–H and O–H groups in total. The molecule has 1 aromatic heterocycles. The second-order valence-corrected chi connectivity index (χ2v) is 8.28. The van der Waals surface area contributed by atoms with E-state index in [1.165, 1.54) is 22.5 Å². The van der Waals surface area contributed by atoms with Crippen LogP contribution in [-0.4, -0.2) is 25.5 Å². The second kappa shape index (κ2) is 8.71. The maximum Gasteiger partial charge on any atom is 0.261 e. The Morgan fingerprint density at radius 1 is 1.13 bits per heavy atom. The molecule has 0 saturated heterocycles. The van der Waals surface area contributed by atoms with Gasteiger partial charge in [0.2, 0.25) is 0 Å². The summed E-state index contributed by atoms with van der Waals surface area (Å²) in [6.07, 6.45) is 1.88. The Balaban J connectivity index is 1.50. The number of anilines is 1. The number of methoxy groups -OCH3 is 1. The molecule has 5 nitrogen and oxygen atoms in total. The number of thiophene rings is 1. The van der Waals surface area contributed by atoms with Gasteiger partial charge in [-0.25, -0.2) is 0 Å². The number of aryl methyl sites for hydroxylation is 1. The molecule has 0 bridgehead atoms. The lowest BCUT2D eigenvalue weighted by molar-refractivity contribution is 0.0952. The van der Waals surface area contributed by atoms with Crippen molar-refractivity contribution in [2.24, 2.45) is 0 Å². The summed E-state index contributed by atoms with van der Waals surface area (Å²) >= 11 is 1.41. The summed E-state index contributed by atoms with van der Waals surface area (Å²) in [6.45, 7) is 3.17. The molecular weight excluding hydrogens is 396 g/mol. The van der Waals surface area contributed by atoms with Crippen molar-refractivity contribution in [2.45, 2.75) is 26.3 Å². The molecule has 6 heteroatoms. The minimum absolute atomic E-state index is 0.0333. The molecule has 4 rings (SSSR count). The van der Waals surface area contributed by atoms with E-state index in [1.54, 1.807) is 13.2 Å². The molecular formula is C24H24N2O3S. The molecule has 2 aromatic carbocycles. The van der Waals surface area contributed by atoms with E-state index in [9.17, 15) is 9.59 Å². The van der Waals surface area contributed by atoms with Crippen molar-refractivity contribution in [3.05, 3.63) is 81.0 Å². The van der Waals surface area contributed by atoms with Gasteiger partial charge in [-0.05, 0) is 66.1 Å². The molecule has 0 unspecified atom stereocenters. The van der Waals surface area contributed by atoms with Crippen LogP contribution in [0.2, 0.25) is 0 Å². The highest BCUT2D eigenvalue weighted by Gasteiger charge is 2.27. The summed E-state index contributed by atoms with van der Waals surface area (Å²) in [6, 6.07) is 15.1. The first-order chi connectivity index (χ1) is 14.6. The molecule has 0 aliphatic carbocycles. The Hall–Kier alpha value is -3.12. The number of hydrogen-bond acceptors (Lipinski definition) is 4. The quantitative estimate of drug-likeness (QED) is 0.657. The van der Waals surface area contributed by atoms with Gasteiger partial charge in [-0.15, -0.1) is 11.3 Å². The molecule has 154 valence electrons. The van der Waals surface area contributed by atoms with Crippen LogP contribution in [0.1, 0.15) is 43.1 Å². The van der Waals surface area contributed by atoms with Crippen molar-refractivity contribution in [3.63, 3.8) is 0 Å². The lowest BCUT2D eigenvalue weighted by Gasteiger charge is -2.32. The first-order valence-electron chi connectivity index (χ1n) is 9.97. The third kappa shape index (κ3) is 3.96. The zero-order valence-corrected chi connectivity index (χ0v) is 17.9. The Bertz CT molecular complexity index is 1060. The first-order valence-corrected chi connectivity index (χ1v) is 10.9. The van der Waals surface area contributed by atoms with Crippen LogP contribution in [0.5, 0.6) is 5.75 Å². The SMILES string of the molecule is COc1ccc(C)c2c1N(C(=O)c1ccc(CNC(=O)c3cccs3)cc1)CCC2. The normalized spacial score (nSPS) is 12.9. The van der Waals surface area contributed by atoms with E-state index in [1.807, 2.05) is 52.7 Å². The lowest BCUT2D eigenvalue weighted by Crippen LogP contribution is -2.36. The minimum Gasteiger partial charge on any atom is -0.495 e. The zero-order valence-electron chi connectivity index (χ0n) is 17.1. The van der Waals surface area contributed by atoms with Gasteiger partial charge in [0.05, 0.1) is 17.7 Å². The van der Waals surface area contributed by atoms with E-state index in [0.29, 0.717) is 23.5 Å². The first kappa shape index (κ1) is 20.2. The number of carbonyl (C=O) groups excluding carboxylic acids is 2.